The largest absolute Gasteiger partial charge is 0.446 e. The van der Waals surface area contributed by atoms with E-state index >= 15 is 0 Å². The molecule has 158 valence electrons. The van der Waals surface area contributed by atoms with Crippen LogP contribution >= 0.6 is 0 Å². The zero-order valence-electron chi connectivity index (χ0n) is 17.8. The monoisotopic (exact) mass is 399 g/mol. The maximum absolute atomic E-state index is 12.2. The first kappa shape index (κ1) is 21.4. The maximum atomic E-state index is 12.2. The summed E-state index contributed by atoms with van der Waals surface area (Å²) in [5, 5.41) is 3.02. The zero-order chi connectivity index (χ0) is 20.8. The summed E-state index contributed by atoms with van der Waals surface area (Å²) in [6, 6.07) is 10.4. The van der Waals surface area contributed by atoms with E-state index in [9.17, 15) is 9.59 Å². The first-order valence-electron chi connectivity index (χ1n) is 10.6. The summed E-state index contributed by atoms with van der Waals surface area (Å²) in [5.41, 5.74) is 2.49. The third kappa shape index (κ3) is 6.60. The van der Waals surface area contributed by atoms with Crippen LogP contribution in [0.1, 0.15) is 38.2 Å². The molecule has 2 fully saturated rings. The van der Waals surface area contributed by atoms with Gasteiger partial charge >= 0.3 is 6.09 Å². The van der Waals surface area contributed by atoms with E-state index in [-0.39, 0.29) is 24.1 Å². The fraction of sp³-hybridized carbons (Fsp3) is 0.565. The Morgan fingerprint density at radius 2 is 1.90 bits per heavy atom. The predicted octanol–water partition coefficient (Wildman–Crippen LogP) is 3.15. The normalized spacial score (nSPS) is 22.8. The molecule has 1 aliphatic carbocycles. The third-order valence-corrected chi connectivity index (χ3v) is 5.82. The van der Waals surface area contributed by atoms with Crippen molar-refractivity contribution in [3.63, 3.8) is 0 Å². The topological polar surface area (TPSA) is 61.9 Å². The van der Waals surface area contributed by atoms with Crippen molar-refractivity contribution in [1.82, 2.24) is 15.1 Å². The quantitative estimate of drug-likeness (QED) is 0.765. The van der Waals surface area contributed by atoms with Gasteiger partial charge in [-0.1, -0.05) is 42.0 Å². The van der Waals surface area contributed by atoms with Crippen LogP contribution in [0.4, 0.5) is 4.79 Å². The maximum Gasteiger partial charge on any atom is 0.407 e. The highest BCUT2D eigenvalue weighted by atomic mass is 16.6. The fourth-order valence-electron chi connectivity index (χ4n) is 3.84. The van der Waals surface area contributed by atoms with E-state index in [1.165, 1.54) is 11.1 Å². The molecule has 6 nitrogen and oxygen atoms in total. The van der Waals surface area contributed by atoms with Crippen molar-refractivity contribution in [1.29, 1.82) is 0 Å². The van der Waals surface area contributed by atoms with Crippen LogP contribution in [0, 0.1) is 5.92 Å². The molecular weight excluding hydrogens is 366 g/mol. The molecule has 1 aromatic carbocycles. The van der Waals surface area contributed by atoms with Gasteiger partial charge < -0.3 is 19.9 Å². The highest BCUT2D eigenvalue weighted by Crippen LogP contribution is 2.38. The Morgan fingerprint density at radius 1 is 1.21 bits per heavy atom. The molecule has 1 aliphatic heterocycles. The lowest BCUT2D eigenvalue weighted by Crippen LogP contribution is -2.41. The number of benzene rings is 1. The number of piperidine rings is 1. The second kappa shape index (κ2) is 9.92. The Morgan fingerprint density at radius 3 is 2.55 bits per heavy atom. The van der Waals surface area contributed by atoms with Crippen LogP contribution in [0.5, 0.6) is 0 Å². The number of carbonyl (C=O) groups is 2. The van der Waals surface area contributed by atoms with Gasteiger partial charge in [0.15, 0.2) is 0 Å². The van der Waals surface area contributed by atoms with Crippen molar-refractivity contribution in [2.75, 3.05) is 33.7 Å². The van der Waals surface area contributed by atoms with Gasteiger partial charge in [0, 0.05) is 52.1 Å². The number of hydrogen-bond acceptors (Lipinski definition) is 4. The minimum absolute atomic E-state index is 0.0334. The SMILES string of the molecule is C/C(=C\c1ccccc1)[C@@H]1C[C@H]1NC(=O)OC1CCN(CCC(=O)N(C)C)CC1. The van der Waals surface area contributed by atoms with E-state index in [0.717, 1.165) is 38.9 Å². The third-order valence-electron chi connectivity index (χ3n) is 5.82. The summed E-state index contributed by atoms with van der Waals surface area (Å²) in [4.78, 5) is 27.8. The van der Waals surface area contributed by atoms with Gasteiger partial charge in [0.1, 0.15) is 6.10 Å². The summed E-state index contributed by atoms with van der Waals surface area (Å²) in [6.45, 7) is 4.63. The van der Waals surface area contributed by atoms with Gasteiger partial charge in [0.2, 0.25) is 5.91 Å². The lowest BCUT2D eigenvalue weighted by molar-refractivity contribution is -0.129. The molecule has 1 heterocycles. The Bertz CT molecular complexity index is 724. The van der Waals surface area contributed by atoms with E-state index in [2.05, 4.69) is 35.3 Å². The van der Waals surface area contributed by atoms with E-state index in [1.54, 1.807) is 19.0 Å². The van der Waals surface area contributed by atoms with E-state index in [1.807, 2.05) is 18.2 Å². The number of likely N-dealkylation sites (tertiary alicyclic amines) is 1. The summed E-state index contributed by atoms with van der Waals surface area (Å²) in [7, 11) is 3.56. The molecule has 6 heteroatoms. The zero-order valence-corrected chi connectivity index (χ0v) is 17.8. The Labute approximate surface area is 173 Å². The summed E-state index contributed by atoms with van der Waals surface area (Å²) >= 11 is 0. The number of alkyl carbamates (subject to hydrolysis) is 1. The minimum atomic E-state index is -0.300. The summed E-state index contributed by atoms with van der Waals surface area (Å²) in [5.74, 6) is 0.553. The number of hydrogen-bond donors (Lipinski definition) is 1. The van der Waals surface area contributed by atoms with Crippen LogP contribution < -0.4 is 5.32 Å². The van der Waals surface area contributed by atoms with Gasteiger partial charge in [-0.3, -0.25) is 4.79 Å². The fourth-order valence-corrected chi connectivity index (χ4v) is 3.84. The van der Waals surface area contributed by atoms with Gasteiger partial charge in [0.05, 0.1) is 0 Å². The number of amides is 2. The molecule has 3 rings (SSSR count). The van der Waals surface area contributed by atoms with Crippen LogP contribution in [-0.2, 0) is 9.53 Å². The van der Waals surface area contributed by atoms with Crippen LogP contribution in [0.25, 0.3) is 6.08 Å². The highest BCUT2D eigenvalue weighted by Gasteiger charge is 2.40. The molecule has 0 unspecified atom stereocenters. The molecule has 0 bridgehead atoms. The van der Waals surface area contributed by atoms with Crippen molar-refractivity contribution in [3.05, 3.63) is 41.5 Å². The molecule has 1 saturated heterocycles. The molecule has 2 amide bonds. The Kier molecular flexibility index (Phi) is 7.31. The molecule has 1 saturated carbocycles. The van der Waals surface area contributed by atoms with Crippen molar-refractivity contribution in [3.8, 4) is 0 Å². The van der Waals surface area contributed by atoms with Crippen molar-refractivity contribution in [2.45, 2.75) is 44.8 Å². The lowest BCUT2D eigenvalue weighted by atomic mass is 10.1. The van der Waals surface area contributed by atoms with Crippen molar-refractivity contribution >= 4 is 18.1 Å². The van der Waals surface area contributed by atoms with Crippen LogP contribution in [0.15, 0.2) is 35.9 Å². The van der Waals surface area contributed by atoms with E-state index in [4.69, 9.17) is 4.74 Å². The second-order valence-corrected chi connectivity index (χ2v) is 8.38. The first-order valence-corrected chi connectivity index (χ1v) is 10.6. The highest BCUT2D eigenvalue weighted by molar-refractivity contribution is 5.75. The Balaban J connectivity index is 1.34. The number of nitrogens with zero attached hydrogens (tertiary/aromatic N) is 2. The number of carbonyl (C=O) groups excluding carboxylic acids is 2. The van der Waals surface area contributed by atoms with Crippen LogP contribution in [0.3, 0.4) is 0 Å². The Hall–Kier alpha value is -2.34. The standard InChI is InChI=1S/C23H33N3O3/c1-17(15-18-7-5-4-6-8-18)20-16-21(20)24-23(28)29-19-9-12-26(13-10-19)14-11-22(27)25(2)3/h4-8,15,19-21H,9-14,16H2,1-3H3,(H,24,28)/b17-15+/t20-,21+/m0/s1. The smallest absolute Gasteiger partial charge is 0.407 e. The van der Waals surface area contributed by atoms with Gasteiger partial charge in [-0.15, -0.1) is 0 Å². The van der Waals surface area contributed by atoms with Crippen molar-refractivity contribution < 1.29 is 14.3 Å². The number of nitrogens with one attached hydrogen (secondary N) is 1. The molecule has 1 aromatic rings. The molecule has 29 heavy (non-hydrogen) atoms. The van der Waals surface area contributed by atoms with Gasteiger partial charge in [0.25, 0.3) is 0 Å². The van der Waals surface area contributed by atoms with Crippen LogP contribution in [0.2, 0.25) is 0 Å². The molecule has 0 radical (unpaired) electrons. The number of rotatable bonds is 7. The molecule has 0 aromatic heterocycles. The predicted molar refractivity (Wildman–Crippen MR) is 114 cm³/mol. The van der Waals surface area contributed by atoms with E-state index < -0.39 is 0 Å². The minimum Gasteiger partial charge on any atom is -0.446 e. The molecule has 2 atom stereocenters. The molecule has 1 N–H and O–H groups in total. The molecule has 0 spiro atoms. The average molecular weight is 400 g/mol. The van der Waals surface area contributed by atoms with Gasteiger partial charge in [-0.2, -0.15) is 0 Å². The van der Waals surface area contributed by atoms with Gasteiger partial charge in [-0.05, 0) is 31.7 Å². The van der Waals surface area contributed by atoms with Crippen LogP contribution in [-0.4, -0.2) is 67.7 Å². The second-order valence-electron chi connectivity index (χ2n) is 8.38. The number of ether oxygens (including phenoxy) is 1. The molecular formula is C23H33N3O3. The lowest BCUT2D eigenvalue weighted by Gasteiger charge is -2.31. The van der Waals surface area contributed by atoms with E-state index in [0.29, 0.717) is 12.3 Å². The summed E-state index contributed by atoms with van der Waals surface area (Å²) in [6.07, 6.45) is 5.02. The summed E-state index contributed by atoms with van der Waals surface area (Å²) < 4.78 is 5.63. The average Bonchev–Trinajstić information content (AvgIpc) is 3.47. The first-order chi connectivity index (χ1) is 13.9. The van der Waals surface area contributed by atoms with Crippen molar-refractivity contribution in [2.24, 2.45) is 5.92 Å². The van der Waals surface area contributed by atoms with Gasteiger partial charge in [-0.25, -0.2) is 4.79 Å². The molecule has 2 aliphatic rings.